The second kappa shape index (κ2) is 14.9. The summed E-state index contributed by atoms with van der Waals surface area (Å²) in [6, 6.07) is 4.81. The number of aliphatic hydroxyl groups excluding tert-OH is 1. The molecule has 0 amide bonds. The van der Waals surface area contributed by atoms with Crippen LogP contribution in [0, 0.1) is 0 Å². The van der Waals surface area contributed by atoms with Gasteiger partial charge >= 0.3 is 0 Å². The summed E-state index contributed by atoms with van der Waals surface area (Å²) in [5.74, 6) is 0.167. The number of ketones is 2. The molecule has 156 valence electrons. The molecule has 0 aliphatic heterocycles. The number of Topliss-reactive ketones (excluding diaryl/α,β-unsaturated/α-hetero) is 1. The van der Waals surface area contributed by atoms with Crippen LogP contribution in [0.5, 0.6) is 11.5 Å². The molecule has 1 rings (SSSR count). The van der Waals surface area contributed by atoms with Crippen LogP contribution in [0.25, 0.3) is 6.08 Å². The molecule has 0 unspecified atom stereocenters. The first-order valence-corrected chi connectivity index (χ1v) is 10.3. The van der Waals surface area contributed by atoms with E-state index in [1.807, 2.05) is 0 Å². The Morgan fingerprint density at radius 3 is 2.18 bits per heavy atom. The normalized spacial score (nSPS) is 11.1. The van der Waals surface area contributed by atoms with Gasteiger partial charge in [-0.1, -0.05) is 57.1 Å². The number of phenolic OH excluding ortho intramolecular Hbond substituents is 1. The molecule has 1 aromatic carbocycles. The zero-order chi connectivity index (χ0) is 20.6. The molecule has 0 saturated carbocycles. The molecule has 5 nitrogen and oxygen atoms in total. The third-order valence-electron chi connectivity index (χ3n) is 4.65. The van der Waals surface area contributed by atoms with Gasteiger partial charge in [-0.15, -0.1) is 0 Å². The van der Waals surface area contributed by atoms with Gasteiger partial charge in [-0.05, 0) is 36.6 Å². The fraction of sp³-hybridized carbons (Fsp3) is 0.565. The van der Waals surface area contributed by atoms with Crippen molar-refractivity contribution in [2.24, 2.45) is 0 Å². The summed E-state index contributed by atoms with van der Waals surface area (Å²) in [5.41, 5.74) is 0.729. The van der Waals surface area contributed by atoms with Crippen LogP contribution in [0.4, 0.5) is 0 Å². The van der Waals surface area contributed by atoms with Crippen LogP contribution in [0.2, 0.25) is 0 Å². The van der Waals surface area contributed by atoms with E-state index in [1.54, 1.807) is 18.2 Å². The Morgan fingerprint density at radius 2 is 1.57 bits per heavy atom. The van der Waals surface area contributed by atoms with Crippen molar-refractivity contribution in [1.82, 2.24) is 0 Å². The smallest absolute Gasteiger partial charge is 0.163 e. The number of aliphatic hydroxyl groups is 1. The molecule has 0 fully saturated rings. The second-order valence-electron chi connectivity index (χ2n) is 7.10. The molecule has 0 aromatic heterocycles. The van der Waals surface area contributed by atoms with Gasteiger partial charge in [0.05, 0.1) is 13.5 Å². The van der Waals surface area contributed by atoms with Crippen LogP contribution < -0.4 is 4.74 Å². The maximum atomic E-state index is 11.9. The van der Waals surface area contributed by atoms with Gasteiger partial charge in [0.1, 0.15) is 5.78 Å². The molecule has 0 atom stereocenters. The Morgan fingerprint density at radius 1 is 0.964 bits per heavy atom. The van der Waals surface area contributed by atoms with Crippen molar-refractivity contribution in [3.8, 4) is 11.5 Å². The van der Waals surface area contributed by atoms with Gasteiger partial charge in [-0.25, -0.2) is 0 Å². The molecule has 5 heteroatoms. The van der Waals surface area contributed by atoms with Crippen molar-refractivity contribution in [3.05, 3.63) is 29.8 Å². The van der Waals surface area contributed by atoms with E-state index in [1.165, 1.54) is 44.9 Å². The zero-order valence-electron chi connectivity index (χ0n) is 17.0. The van der Waals surface area contributed by atoms with Crippen molar-refractivity contribution >= 4 is 17.6 Å². The lowest BCUT2D eigenvalue weighted by atomic mass is 10.0. The van der Waals surface area contributed by atoms with E-state index < -0.39 is 0 Å². The molecule has 0 saturated heterocycles. The Balaban J connectivity index is 2.14. The molecule has 0 spiro atoms. The first-order chi connectivity index (χ1) is 13.6. The lowest BCUT2D eigenvalue weighted by Crippen LogP contribution is -2.05. The van der Waals surface area contributed by atoms with E-state index in [0.717, 1.165) is 37.7 Å². The predicted octanol–water partition coefficient (Wildman–Crippen LogP) is 4.84. The van der Waals surface area contributed by atoms with Crippen LogP contribution in [0.3, 0.4) is 0 Å². The number of phenols is 1. The van der Waals surface area contributed by atoms with Crippen molar-refractivity contribution in [2.75, 3.05) is 13.7 Å². The van der Waals surface area contributed by atoms with Gasteiger partial charge in [0.15, 0.2) is 17.3 Å². The molecular formula is C23H34O5. The number of methoxy groups -OCH3 is 1. The lowest BCUT2D eigenvalue weighted by Gasteiger charge is -2.03. The van der Waals surface area contributed by atoms with Gasteiger partial charge < -0.3 is 14.9 Å². The van der Waals surface area contributed by atoms with E-state index in [4.69, 9.17) is 9.84 Å². The summed E-state index contributed by atoms with van der Waals surface area (Å²) < 4.78 is 5.03. The standard InChI is InChI=1S/C23H34O5/c1-28-23-17-19(13-15-22(23)27)12-14-21(26)18-20(25)11-9-7-5-3-2-4-6-8-10-16-24/h12-15,17,24,27H,2-11,16,18H2,1H3/b14-12+. The van der Waals surface area contributed by atoms with Crippen molar-refractivity contribution in [3.63, 3.8) is 0 Å². The quantitative estimate of drug-likeness (QED) is 0.240. The molecule has 0 heterocycles. The molecule has 28 heavy (non-hydrogen) atoms. The summed E-state index contributed by atoms with van der Waals surface area (Å²) in [4.78, 5) is 23.8. The van der Waals surface area contributed by atoms with E-state index in [9.17, 15) is 14.7 Å². The summed E-state index contributed by atoms with van der Waals surface area (Å²) >= 11 is 0. The first kappa shape index (κ1) is 23.9. The largest absolute Gasteiger partial charge is 0.504 e. The summed E-state index contributed by atoms with van der Waals surface area (Å²) in [6.45, 7) is 0.290. The Labute approximate surface area is 168 Å². The maximum Gasteiger partial charge on any atom is 0.163 e. The van der Waals surface area contributed by atoms with Gasteiger partial charge in [0.25, 0.3) is 0 Å². The highest BCUT2D eigenvalue weighted by Gasteiger charge is 2.07. The second-order valence-corrected chi connectivity index (χ2v) is 7.10. The molecule has 0 aliphatic rings. The van der Waals surface area contributed by atoms with Gasteiger partial charge in [-0.3, -0.25) is 9.59 Å². The summed E-state index contributed by atoms with van der Waals surface area (Å²) in [6.07, 6.45) is 13.2. The predicted molar refractivity (Wildman–Crippen MR) is 112 cm³/mol. The van der Waals surface area contributed by atoms with Crippen LogP contribution >= 0.6 is 0 Å². The number of benzene rings is 1. The zero-order valence-corrected chi connectivity index (χ0v) is 17.0. The number of hydrogen-bond acceptors (Lipinski definition) is 5. The Kier molecular flexibility index (Phi) is 12.7. The third-order valence-corrected chi connectivity index (χ3v) is 4.65. The third kappa shape index (κ3) is 10.9. The number of allylic oxidation sites excluding steroid dienone is 1. The molecule has 2 N–H and O–H groups in total. The van der Waals surface area contributed by atoms with Gasteiger partial charge in [-0.2, -0.15) is 0 Å². The SMILES string of the molecule is COc1cc(/C=C/C(=O)CC(=O)CCCCCCCCCCCO)ccc1O. The average Bonchev–Trinajstić information content (AvgIpc) is 2.68. The maximum absolute atomic E-state index is 11.9. The van der Waals surface area contributed by atoms with Gasteiger partial charge in [0.2, 0.25) is 0 Å². The molecule has 0 radical (unpaired) electrons. The minimum absolute atomic E-state index is 0.0121. The van der Waals surface area contributed by atoms with E-state index in [0.29, 0.717) is 12.2 Å². The number of ether oxygens (including phenoxy) is 1. The van der Waals surface area contributed by atoms with Crippen molar-refractivity contribution in [1.29, 1.82) is 0 Å². The van der Waals surface area contributed by atoms with E-state index in [-0.39, 0.29) is 30.3 Å². The van der Waals surface area contributed by atoms with Crippen LogP contribution in [-0.2, 0) is 9.59 Å². The number of aromatic hydroxyl groups is 1. The van der Waals surface area contributed by atoms with Crippen molar-refractivity contribution < 1.29 is 24.5 Å². The van der Waals surface area contributed by atoms with Crippen LogP contribution in [0.15, 0.2) is 24.3 Å². The average molecular weight is 391 g/mol. The fourth-order valence-corrected chi connectivity index (χ4v) is 3.00. The van der Waals surface area contributed by atoms with Crippen LogP contribution in [0.1, 0.15) is 76.2 Å². The molecule has 0 bridgehead atoms. The first-order valence-electron chi connectivity index (χ1n) is 10.3. The molecular weight excluding hydrogens is 356 g/mol. The van der Waals surface area contributed by atoms with E-state index >= 15 is 0 Å². The highest BCUT2D eigenvalue weighted by atomic mass is 16.5. The van der Waals surface area contributed by atoms with E-state index in [2.05, 4.69) is 0 Å². The summed E-state index contributed by atoms with van der Waals surface area (Å²) in [5, 5.41) is 18.3. The lowest BCUT2D eigenvalue weighted by molar-refractivity contribution is -0.124. The monoisotopic (exact) mass is 390 g/mol. The highest BCUT2D eigenvalue weighted by Crippen LogP contribution is 2.26. The Hall–Kier alpha value is -2.14. The minimum atomic E-state index is -0.208. The fourth-order valence-electron chi connectivity index (χ4n) is 3.00. The van der Waals surface area contributed by atoms with Crippen molar-refractivity contribution in [2.45, 2.75) is 70.6 Å². The number of rotatable bonds is 16. The topological polar surface area (TPSA) is 83.8 Å². The molecule has 1 aromatic rings. The number of unbranched alkanes of at least 4 members (excludes halogenated alkanes) is 8. The number of carbonyl (C=O) groups is 2. The summed E-state index contributed by atoms with van der Waals surface area (Å²) in [7, 11) is 1.46. The van der Waals surface area contributed by atoms with Gasteiger partial charge in [0, 0.05) is 13.0 Å². The highest BCUT2D eigenvalue weighted by molar-refractivity contribution is 6.06. The Bertz CT molecular complexity index is 621. The minimum Gasteiger partial charge on any atom is -0.504 e. The van der Waals surface area contributed by atoms with Crippen LogP contribution in [-0.4, -0.2) is 35.5 Å². The number of hydrogen-bond donors (Lipinski definition) is 2. The molecule has 0 aliphatic carbocycles. The number of carbonyl (C=O) groups excluding carboxylic acids is 2.